The first kappa shape index (κ1) is 15.6. The maximum atomic E-state index is 12.4. The summed E-state index contributed by atoms with van der Waals surface area (Å²) < 4.78 is 1.99. The van der Waals surface area contributed by atoms with E-state index in [1.54, 1.807) is 0 Å². The fourth-order valence-corrected chi connectivity index (χ4v) is 3.40. The second-order valence-electron chi connectivity index (χ2n) is 5.74. The molecule has 0 radical (unpaired) electrons. The average Bonchev–Trinajstić information content (AvgIpc) is 3.36. The van der Waals surface area contributed by atoms with Gasteiger partial charge >= 0.3 is 0 Å². The van der Waals surface area contributed by atoms with Crippen molar-refractivity contribution in [2.75, 3.05) is 5.32 Å². The fourth-order valence-electron chi connectivity index (χ4n) is 2.70. The van der Waals surface area contributed by atoms with Gasteiger partial charge in [0.25, 0.3) is 5.91 Å². The molecule has 6 nitrogen and oxygen atoms in total. The van der Waals surface area contributed by atoms with Gasteiger partial charge in [0.05, 0.1) is 11.4 Å². The minimum Gasteiger partial charge on any atom is -0.387 e. The van der Waals surface area contributed by atoms with Gasteiger partial charge in [-0.3, -0.25) is 10.1 Å². The monoisotopic (exact) mass is 352 g/mol. The standard InChI is InChI=1S/C18H16N4O2S/c1-22-9-5-8-15(22)14-11-25-18(19-14)20-17(23)13-10-16(24-21-13)12-6-3-2-4-7-12/h2-9,11,16H,10H2,1H3,(H,19,20,23)/t16-/m0/s1. The van der Waals surface area contributed by atoms with Crippen LogP contribution in [0.25, 0.3) is 11.4 Å². The predicted octanol–water partition coefficient (Wildman–Crippen LogP) is 3.60. The molecule has 0 saturated carbocycles. The first-order chi connectivity index (χ1) is 12.2. The molecule has 0 spiro atoms. The molecule has 1 aliphatic rings. The van der Waals surface area contributed by atoms with Crippen LogP contribution < -0.4 is 5.32 Å². The Kier molecular flexibility index (Phi) is 4.07. The Balaban J connectivity index is 1.42. The van der Waals surface area contributed by atoms with E-state index in [1.165, 1.54) is 11.3 Å². The third kappa shape index (κ3) is 3.18. The number of carbonyl (C=O) groups excluding carboxylic acids is 1. The van der Waals surface area contributed by atoms with E-state index in [0.717, 1.165) is 17.0 Å². The lowest BCUT2D eigenvalue weighted by atomic mass is 10.0. The molecule has 126 valence electrons. The second kappa shape index (κ2) is 6.52. The quantitative estimate of drug-likeness (QED) is 0.780. The lowest BCUT2D eigenvalue weighted by Gasteiger charge is -2.07. The number of benzene rings is 1. The molecule has 0 saturated heterocycles. The number of nitrogens with zero attached hydrogens (tertiary/aromatic N) is 3. The highest BCUT2D eigenvalue weighted by Gasteiger charge is 2.27. The van der Waals surface area contributed by atoms with Crippen LogP contribution in [0.2, 0.25) is 0 Å². The van der Waals surface area contributed by atoms with Crippen LogP contribution in [0.4, 0.5) is 5.13 Å². The number of amides is 1. The largest absolute Gasteiger partial charge is 0.387 e. The minimum atomic E-state index is -0.272. The van der Waals surface area contributed by atoms with Gasteiger partial charge in [0.2, 0.25) is 0 Å². The van der Waals surface area contributed by atoms with Gasteiger partial charge < -0.3 is 9.40 Å². The van der Waals surface area contributed by atoms with E-state index in [9.17, 15) is 4.79 Å². The number of rotatable bonds is 4. The summed E-state index contributed by atoms with van der Waals surface area (Å²) in [6.07, 6.45) is 2.20. The van der Waals surface area contributed by atoms with Crippen molar-refractivity contribution in [3.8, 4) is 11.4 Å². The van der Waals surface area contributed by atoms with Crippen molar-refractivity contribution in [1.82, 2.24) is 9.55 Å². The van der Waals surface area contributed by atoms with Crippen molar-refractivity contribution < 1.29 is 9.63 Å². The smallest absolute Gasteiger partial charge is 0.275 e. The molecular weight excluding hydrogens is 336 g/mol. The number of aromatic nitrogens is 2. The average molecular weight is 352 g/mol. The summed E-state index contributed by atoms with van der Waals surface area (Å²) in [6.45, 7) is 0. The van der Waals surface area contributed by atoms with Gasteiger partial charge in [-0.1, -0.05) is 35.5 Å². The second-order valence-corrected chi connectivity index (χ2v) is 6.60. The van der Waals surface area contributed by atoms with Crippen LogP contribution in [-0.4, -0.2) is 21.2 Å². The topological polar surface area (TPSA) is 68.5 Å². The number of nitrogens with one attached hydrogen (secondary N) is 1. The molecule has 25 heavy (non-hydrogen) atoms. The molecule has 1 atom stereocenters. The molecule has 2 aromatic heterocycles. The number of aryl methyl sites for hydroxylation is 1. The van der Waals surface area contributed by atoms with Gasteiger partial charge in [0.1, 0.15) is 5.71 Å². The van der Waals surface area contributed by atoms with Crippen LogP contribution in [-0.2, 0) is 16.7 Å². The summed E-state index contributed by atoms with van der Waals surface area (Å²) in [6, 6.07) is 13.7. The summed E-state index contributed by atoms with van der Waals surface area (Å²) >= 11 is 1.39. The van der Waals surface area contributed by atoms with Gasteiger partial charge in [-0.05, 0) is 17.7 Å². The zero-order chi connectivity index (χ0) is 17.2. The highest BCUT2D eigenvalue weighted by Crippen LogP contribution is 2.28. The number of anilines is 1. The molecule has 3 heterocycles. The van der Waals surface area contributed by atoms with Crippen molar-refractivity contribution >= 4 is 28.1 Å². The van der Waals surface area contributed by atoms with Gasteiger partial charge in [-0.25, -0.2) is 4.98 Å². The van der Waals surface area contributed by atoms with E-state index in [1.807, 2.05) is 65.7 Å². The van der Waals surface area contributed by atoms with Crippen molar-refractivity contribution in [1.29, 1.82) is 0 Å². The van der Waals surface area contributed by atoms with Crippen LogP contribution in [0.15, 0.2) is 59.2 Å². The highest BCUT2D eigenvalue weighted by atomic mass is 32.1. The van der Waals surface area contributed by atoms with Gasteiger partial charge in [0, 0.05) is 25.0 Å². The van der Waals surface area contributed by atoms with E-state index in [2.05, 4.69) is 15.5 Å². The van der Waals surface area contributed by atoms with Crippen LogP contribution in [0.1, 0.15) is 18.1 Å². The fraction of sp³-hybridized carbons (Fsp3) is 0.167. The molecule has 3 aromatic rings. The Hall–Kier alpha value is -2.93. The molecule has 0 unspecified atom stereocenters. The summed E-state index contributed by atoms with van der Waals surface area (Å²) in [5.41, 5.74) is 3.22. The molecule has 0 fully saturated rings. The molecule has 1 aliphatic heterocycles. The summed E-state index contributed by atoms with van der Waals surface area (Å²) in [5, 5.41) is 9.21. The number of hydrogen-bond donors (Lipinski definition) is 1. The molecule has 4 rings (SSSR count). The number of oxime groups is 1. The number of hydrogen-bond acceptors (Lipinski definition) is 5. The third-order valence-corrected chi connectivity index (χ3v) is 4.79. The zero-order valence-corrected chi connectivity index (χ0v) is 14.4. The Morgan fingerprint density at radius 3 is 2.88 bits per heavy atom. The Labute approximate surface area is 148 Å². The number of carbonyl (C=O) groups is 1. The highest BCUT2D eigenvalue weighted by molar-refractivity contribution is 7.14. The van der Waals surface area contributed by atoms with Gasteiger partial charge in [-0.2, -0.15) is 0 Å². The van der Waals surface area contributed by atoms with Crippen LogP contribution in [0.5, 0.6) is 0 Å². The Bertz CT molecular complexity index is 929. The SMILES string of the molecule is Cn1cccc1-c1csc(NC(=O)C2=NO[C@H](c3ccccc3)C2)n1. The summed E-state index contributed by atoms with van der Waals surface area (Å²) in [4.78, 5) is 22.3. The zero-order valence-electron chi connectivity index (χ0n) is 13.5. The Morgan fingerprint density at radius 1 is 1.28 bits per heavy atom. The maximum absolute atomic E-state index is 12.4. The molecule has 7 heteroatoms. The lowest BCUT2D eigenvalue weighted by molar-refractivity contribution is -0.110. The van der Waals surface area contributed by atoms with E-state index in [4.69, 9.17) is 4.84 Å². The van der Waals surface area contributed by atoms with Crippen molar-refractivity contribution in [3.63, 3.8) is 0 Å². The van der Waals surface area contributed by atoms with Crippen LogP contribution >= 0.6 is 11.3 Å². The van der Waals surface area contributed by atoms with Gasteiger partial charge in [0.15, 0.2) is 11.2 Å². The molecule has 1 aromatic carbocycles. The maximum Gasteiger partial charge on any atom is 0.275 e. The van der Waals surface area contributed by atoms with E-state index < -0.39 is 0 Å². The van der Waals surface area contributed by atoms with E-state index >= 15 is 0 Å². The Morgan fingerprint density at radius 2 is 2.12 bits per heavy atom. The molecule has 0 bridgehead atoms. The normalized spacial score (nSPS) is 16.4. The van der Waals surface area contributed by atoms with Gasteiger partial charge in [-0.15, -0.1) is 11.3 Å². The summed E-state index contributed by atoms with van der Waals surface area (Å²) in [7, 11) is 1.96. The van der Waals surface area contributed by atoms with Crippen LogP contribution in [0.3, 0.4) is 0 Å². The lowest BCUT2D eigenvalue weighted by Crippen LogP contribution is -2.21. The summed E-state index contributed by atoms with van der Waals surface area (Å²) in [5.74, 6) is -0.272. The van der Waals surface area contributed by atoms with E-state index in [0.29, 0.717) is 17.3 Å². The first-order valence-electron chi connectivity index (χ1n) is 7.87. The molecule has 1 N–H and O–H groups in total. The minimum absolute atomic E-state index is 0.211. The van der Waals surface area contributed by atoms with E-state index in [-0.39, 0.29) is 12.0 Å². The van der Waals surface area contributed by atoms with Crippen molar-refractivity contribution in [2.45, 2.75) is 12.5 Å². The molecular formula is C18H16N4O2S. The third-order valence-electron chi connectivity index (χ3n) is 4.03. The molecule has 1 amide bonds. The molecule has 0 aliphatic carbocycles. The number of thiazole rings is 1. The first-order valence-corrected chi connectivity index (χ1v) is 8.75. The van der Waals surface area contributed by atoms with Crippen molar-refractivity contribution in [3.05, 3.63) is 59.6 Å². The predicted molar refractivity (Wildman–Crippen MR) is 97.5 cm³/mol. The van der Waals surface area contributed by atoms with Crippen molar-refractivity contribution in [2.24, 2.45) is 12.2 Å². The van der Waals surface area contributed by atoms with Crippen LogP contribution in [0, 0.1) is 0 Å².